The smallest absolute Gasteiger partial charge is 0.00696 e. The number of hydrogen-bond donors (Lipinski definition) is 1. The van der Waals surface area contributed by atoms with Gasteiger partial charge in [-0.2, -0.15) is 0 Å². The SMILES string of the molecule is CCCNC(CCCc1cccs1)CC(C)C. The summed E-state index contributed by atoms with van der Waals surface area (Å²) in [6, 6.07) is 5.12. The molecule has 1 aromatic rings. The lowest BCUT2D eigenvalue weighted by Gasteiger charge is -2.20. The Kier molecular flexibility index (Phi) is 7.54. The molecule has 0 bridgehead atoms. The number of nitrogens with one attached hydrogen (secondary N) is 1. The molecule has 1 aromatic heterocycles. The topological polar surface area (TPSA) is 12.0 Å². The quantitative estimate of drug-likeness (QED) is 0.684. The zero-order valence-electron chi connectivity index (χ0n) is 11.5. The van der Waals surface area contributed by atoms with Crippen molar-refractivity contribution in [1.29, 1.82) is 0 Å². The summed E-state index contributed by atoms with van der Waals surface area (Å²) in [4.78, 5) is 1.53. The van der Waals surface area contributed by atoms with E-state index in [-0.39, 0.29) is 0 Å². The first-order chi connectivity index (χ1) is 8.22. The summed E-state index contributed by atoms with van der Waals surface area (Å²) in [5.74, 6) is 0.797. The van der Waals surface area contributed by atoms with Crippen LogP contribution < -0.4 is 5.32 Å². The van der Waals surface area contributed by atoms with Crippen molar-refractivity contribution in [1.82, 2.24) is 5.32 Å². The lowest BCUT2D eigenvalue weighted by Crippen LogP contribution is -2.31. The highest BCUT2D eigenvalue weighted by Gasteiger charge is 2.09. The molecule has 0 aliphatic rings. The first-order valence-corrected chi connectivity index (χ1v) is 7.86. The number of hydrogen-bond acceptors (Lipinski definition) is 2. The molecule has 1 rings (SSSR count). The summed E-state index contributed by atoms with van der Waals surface area (Å²) in [6.07, 6.45) is 6.43. The minimum absolute atomic E-state index is 0.718. The second kappa shape index (κ2) is 8.71. The van der Waals surface area contributed by atoms with Gasteiger partial charge in [0.15, 0.2) is 0 Å². The average molecular weight is 253 g/mol. The van der Waals surface area contributed by atoms with E-state index < -0.39 is 0 Å². The van der Waals surface area contributed by atoms with Gasteiger partial charge in [-0.05, 0) is 56.0 Å². The molecule has 0 fully saturated rings. The molecular weight excluding hydrogens is 226 g/mol. The van der Waals surface area contributed by atoms with Gasteiger partial charge >= 0.3 is 0 Å². The monoisotopic (exact) mass is 253 g/mol. The Balaban J connectivity index is 2.22. The fourth-order valence-corrected chi connectivity index (χ4v) is 2.95. The molecule has 98 valence electrons. The highest BCUT2D eigenvalue weighted by atomic mass is 32.1. The van der Waals surface area contributed by atoms with Crippen LogP contribution >= 0.6 is 11.3 Å². The van der Waals surface area contributed by atoms with Gasteiger partial charge in [-0.3, -0.25) is 0 Å². The largest absolute Gasteiger partial charge is 0.314 e. The number of rotatable bonds is 9. The number of aryl methyl sites for hydroxylation is 1. The summed E-state index contributed by atoms with van der Waals surface area (Å²) < 4.78 is 0. The fraction of sp³-hybridized carbons (Fsp3) is 0.733. The van der Waals surface area contributed by atoms with Crippen molar-refractivity contribution >= 4 is 11.3 Å². The highest BCUT2D eigenvalue weighted by Crippen LogP contribution is 2.15. The van der Waals surface area contributed by atoms with Gasteiger partial charge in [0.05, 0.1) is 0 Å². The molecule has 17 heavy (non-hydrogen) atoms. The van der Waals surface area contributed by atoms with Crippen molar-refractivity contribution < 1.29 is 0 Å². The highest BCUT2D eigenvalue weighted by molar-refractivity contribution is 7.09. The van der Waals surface area contributed by atoms with Crippen molar-refractivity contribution in [3.8, 4) is 0 Å². The minimum Gasteiger partial charge on any atom is -0.314 e. The van der Waals surface area contributed by atoms with Crippen LogP contribution in [-0.4, -0.2) is 12.6 Å². The van der Waals surface area contributed by atoms with E-state index in [2.05, 4.69) is 43.6 Å². The molecule has 1 nitrogen and oxygen atoms in total. The van der Waals surface area contributed by atoms with Crippen LogP contribution in [0.4, 0.5) is 0 Å². The summed E-state index contributed by atoms with van der Waals surface area (Å²) in [5, 5.41) is 5.86. The molecule has 0 saturated carbocycles. The van der Waals surface area contributed by atoms with Gasteiger partial charge in [0, 0.05) is 10.9 Å². The number of thiophene rings is 1. The molecule has 1 unspecified atom stereocenters. The molecule has 0 aliphatic carbocycles. The van der Waals surface area contributed by atoms with Crippen LogP contribution in [0, 0.1) is 5.92 Å². The van der Waals surface area contributed by atoms with Gasteiger partial charge in [-0.1, -0.05) is 26.8 Å². The van der Waals surface area contributed by atoms with Crippen molar-refractivity contribution in [2.24, 2.45) is 5.92 Å². The van der Waals surface area contributed by atoms with Gasteiger partial charge in [-0.25, -0.2) is 0 Å². The van der Waals surface area contributed by atoms with E-state index in [1.165, 1.54) is 37.0 Å². The molecule has 0 aliphatic heterocycles. The van der Waals surface area contributed by atoms with Crippen molar-refractivity contribution in [2.75, 3.05) is 6.54 Å². The van der Waals surface area contributed by atoms with Gasteiger partial charge in [0.2, 0.25) is 0 Å². The van der Waals surface area contributed by atoms with Crippen LogP contribution in [0.2, 0.25) is 0 Å². The molecule has 0 radical (unpaired) electrons. The minimum atomic E-state index is 0.718. The zero-order chi connectivity index (χ0) is 12.5. The van der Waals surface area contributed by atoms with Gasteiger partial charge < -0.3 is 5.32 Å². The molecule has 1 heterocycles. The van der Waals surface area contributed by atoms with Crippen LogP contribution in [0.3, 0.4) is 0 Å². The second-order valence-corrected chi connectivity index (χ2v) is 6.28. The van der Waals surface area contributed by atoms with Crippen LogP contribution in [0.1, 0.15) is 51.3 Å². The van der Waals surface area contributed by atoms with Gasteiger partial charge in [-0.15, -0.1) is 11.3 Å². The van der Waals surface area contributed by atoms with E-state index in [0.29, 0.717) is 0 Å². The zero-order valence-corrected chi connectivity index (χ0v) is 12.4. The van der Waals surface area contributed by atoms with E-state index in [9.17, 15) is 0 Å². The summed E-state index contributed by atoms with van der Waals surface area (Å²) in [6.45, 7) is 8.04. The van der Waals surface area contributed by atoms with Gasteiger partial charge in [0.1, 0.15) is 0 Å². The fourth-order valence-electron chi connectivity index (χ4n) is 2.20. The molecule has 0 spiro atoms. The van der Waals surface area contributed by atoms with Crippen molar-refractivity contribution in [3.63, 3.8) is 0 Å². The lowest BCUT2D eigenvalue weighted by molar-refractivity contribution is 0.391. The normalized spacial score (nSPS) is 13.2. The third kappa shape index (κ3) is 6.85. The molecule has 0 saturated heterocycles. The Morgan fingerprint density at radius 2 is 2.18 bits per heavy atom. The van der Waals surface area contributed by atoms with Crippen molar-refractivity contribution in [2.45, 2.75) is 58.9 Å². The van der Waals surface area contributed by atoms with Crippen LogP contribution in [0.15, 0.2) is 17.5 Å². The maximum atomic E-state index is 3.68. The Bertz CT molecular complexity index is 266. The Hall–Kier alpha value is -0.340. The molecule has 2 heteroatoms. The molecule has 0 amide bonds. The third-order valence-corrected chi connectivity index (χ3v) is 3.93. The van der Waals surface area contributed by atoms with Crippen molar-refractivity contribution in [3.05, 3.63) is 22.4 Å². The first-order valence-electron chi connectivity index (χ1n) is 6.98. The predicted octanol–water partition coefficient (Wildman–Crippen LogP) is 4.49. The van der Waals surface area contributed by atoms with E-state index in [4.69, 9.17) is 0 Å². The van der Waals surface area contributed by atoms with Crippen LogP contribution in [0.5, 0.6) is 0 Å². The summed E-state index contributed by atoms with van der Waals surface area (Å²) >= 11 is 1.89. The first kappa shape index (κ1) is 14.7. The molecular formula is C15H27NS. The summed E-state index contributed by atoms with van der Waals surface area (Å²) in [5.41, 5.74) is 0. The van der Waals surface area contributed by atoms with E-state index >= 15 is 0 Å². The molecule has 1 N–H and O–H groups in total. The molecule has 0 aromatic carbocycles. The average Bonchev–Trinajstić information content (AvgIpc) is 2.78. The Morgan fingerprint density at radius 3 is 2.76 bits per heavy atom. The lowest BCUT2D eigenvalue weighted by atomic mass is 9.98. The van der Waals surface area contributed by atoms with Crippen LogP contribution in [-0.2, 0) is 6.42 Å². The predicted molar refractivity (Wildman–Crippen MR) is 78.8 cm³/mol. The van der Waals surface area contributed by atoms with Crippen LogP contribution in [0.25, 0.3) is 0 Å². The van der Waals surface area contributed by atoms with E-state index in [0.717, 1.165) is 18.5 Å². The Labute approximate surface area is 111 Å². The summed E-state index contributed by atoms with van der Waals surface area (Å²) in [7, 11) is 0. The molecule has 1 atom stereocenters. The third-order valence-electron chi connectivity index (χ3n) is 2.99. The maximum absolute atomic E-state index is 3.68. The maximum Gasteiger partial charge on any atom is 0.00696 e. The standard InChI is InChI=1S/C15H27NS/c1-4-10-16-14(12-13(2)3)7-5-8-15-9-6-11-17-15/h6,9,11,13-14,16H,4-5,7-8,10,12H2,1-3H3. The second-order valence-electron chi connectivity index (χ2n) is 5.25. The van der Waals surface area contributed by atoms with E-state index in [1.807, 2.05) is 11.3 Å². The van der Waals surface area contributed by atoms with Gasteiger partial charge in [0.25, 0.3) is 0 Å². The van der Waals surface area contributed by atoms with E-state index in [1.54, 1.807) is 0 Å². The Morgan fingerprint density at radius 1 is 1.35 bits per heavy atom.